The van der Waals surface area contributed by atoms with Crippen molar-refractivity contribution in [1.82, 2.24) is 15.0 Å². The Kier molecular flexibility index (Phi) is 5.27. The normalized spacial score (nSPS) is 11.8. The van der Waals surface area contributed by atoms with Gasteiger partial charge in [0, 0.05) is 24.7 Å². The molecule has 1 aromatic heterocycles. The predicted octanol–water partition coefficient (Wildman–Crippen LogP) is -0.205. The van der Waals surface area contributed by atoms with Gasteiger partial charge in [-0.2, -0.15) is 0 Å². The molecule has 0 spiro atoms. The number of thiazole rings is 1. The molecule has 0 aliphatic heterocycles. The van der Waals surface area contributed by atoms with Crippen LogP contribution in [0.15, 0.2) is 9.00 Å². The van der Waals surface area contributed by atoms with E-state index in [1.165, 1.54) is 6.92 Å². The molecule has 0 aliphatic rings. The molecule has 1 aromatic rings. The van der Waals surface area contributed by atoms with E-state index in [4.69, 9.17) is 0 Å². The first-order valence-electron chi connectivity index (χ1n) is 5.71. The van der Waals surface area contributed by atoms with Crippen molar-refractivity contribution >= 4 is 27.3 Å². The van der Waals surface area contributed by atoms with Crippen LogP contribution in [0.4, 0.5) is 0 Å². The molecule has 1 rings (SSSR count). The molecule has 19 heavy (non-hydrogen) atoms. The Morgan fingerprint density at radius 3 is 2.47 bits per heavy atom. The molecule has 108 valence electrons. The number of aromatic nitrogens is 1. The molecule has 0 fully saturated rings. The lowest BCUT2D eigenvalue weighted by molar-refractivity contribution is -0.123. The summed E-state index contributed by atoms with van der Waals surface area (Å²) < 4.78 is 26.1. The minimum atomic E-state index is -3.70. The van der Waals surface area contributed by atoms with E-state index in [1.807, 2.05) is 0 Å². The minimum absolute atomic E-state index is 0.0207. The minimum Gasteiger partial charge on any atom is -0.355 e. The lowest BCUT2D eigenvalue weighted by Gasteiger charge is -2.08. The molecular formula is C10H17N3O4S2. The van der Waals surface area contributed by atoms with Gasteiger partial charge in [-0.3, -0.25) is 9.59 Å². The summed E-state index contributed by atoms with van der Waals surface area (Å²) in [6.07, 6.45) is 0. The fourth-order valence-corrected chi connectivity index (χ4v) is 3.66. The highest BCUT2D eigenvalue weighted by molar-refractivity contribution is 7.91. The number of carbonyl (C=O) groups is 1. The van der Waals surface area contributed by atoms with Crippen molar-refractivity contribution in [3.63, 3.8) is 0 Å². The zero-order valence-electron chi connectivity index (χ0n) is 10.9. The van der Waals surface area contributed by atoms with Gasteiger partial charge in [0.1, 0.15) is 0 Å². The second kappa shape index (κ2) is 6.31. The highest BCUT2D eigenvalue weighted by atomic mass is 32.2. The number of rotatable bonds is 6. The summed E-state index contributed by atoms with van der Waals surface area (Å²) in [6.45, 7) is 5.30. The number of hydrogen-bond donors (Lipinski definition) is 3. The Balaban J connectivity index is 2.55. The summed E-state index contributed by atoms with van der Waals surface area (Å²) in [5, 5.41) is 2.59. The van der Waals surface area contributed by atoms with E-state index < -0.39 is 14.9 Å². The summed E-state index contributed by atoms with van der Waals surface area (Å²) in [4.78, 5) is 24.3. The van der Waals surface area contributed by atoms with Crippen molar-refractivity contribution in [2.24, 2.45) is 5.92 Å². The summed E-state index contributed by atoms with van der Waals surface area (Å²) in [5.74, 6) is -0.282. The van der Waals surface area contributed by atoms with Gasteiger partial charge in [-0.05, 0) is 6.92 Å². The molecule has 0 radical (unpaired) electrons. The molecule has 1 amide bonds. The van der Waals surface area contributed by atoms with Crippen LogP contribution in [0.25, 0.3) is 0 Å². The maximum Gasteiger partial charge on any atom is 0.305 e. The molecule has 0 unspecified atom stereocenters. The lowest BCUT2D eigenvalue weighted by Crippen LogP contribution is -2.36. The van der Waals surface area contributed by atoms with Crippen LogP contribution in [0, 0.1) is 12.8 Å². The Morgan fingerprint density at radius 2 is 2.00 bits per heavy atom. The van der Waals surface area contributed by atoms with E-state index in [0.29, 0.717) is 17.0 Å². The molecule has 0 saturated carbocycles. The number of aryl methyl sites for hydroxylation is 1. The second-order valence-electron chi connectivity index (χ2n) is 4.27. The highest BCUT2D eigenvalue weighted by Crippen LogP contribution is 2.14. The average Bonchev–Trinajstić information content (AvgIpc) is 2.64. The molecule has 0 aromatic carbocycles. The third-order valence-electron chi connectivity index (χ3n) is 2.27. The van der Waals surface area contributed by atoms with E-state index in [9.17, 15) is 18.0 Å². The average molecular weight is 307 g/mol. The number of aromatic amines is 1. The topological polar surface area (TPSA) is 108 Å². The Hall–Kier alpha value is -1.19. The van der Waals surface area contributed by atoms with Crippen LogP contribution in [0.3, 0.4) is 0 Å². The smallest absolute Gasteiger partial charge is 0.305 e. The van der Waals surface area contributed by atoms with E-state index in [-0.39, 0.29) is 29.1 Å². The zero-order valence-corrected chi connectivity index (χ0v) is 12.6. The third kappa shape index (κ3) is 4.44. The maximum absolute atomic E-state index is 11.9. The molecule has 9 heteroatoms. The SMILES string of the molecule is Cc1[nH]c(=O)sc1S(=O)(=O)NCCNC(=O)C(C)C. The fraction of sp³-hybridized carbons (Fsp3) is 0.600. The largest absolute Gasteiger partial charge is 0.355 e. The number of sulfonamides is 1. The van der Waals surface area contributed by atoms with Gasteiger partial charge in [0.2, 0.25) is 5.91 Å². The van der Waals surface area contributed by atoms with Crippen LogP contribution < -0.4 is 14.9 Å². The van der Waals surface area contributed by atoms with Gasteiger partial charge in [-0.1, -0.05) is 25.2 Å². The van der Waals surface area contributed by atoms with Gasteiger partial charge < -0.3 is 10.3 Å². The quantitative estimate of drug-likeness (QED) is 0.632. The van der Waals surface area contributed by atoms with Crippen molar-refractivity contribution in [1.29, 1.82) is 0 Å². The molecule has 1 heterocycles. The van der Waals surface area contributed by atoms with E-state index in [1.54, 1.807) is 13.8 Å². The molecular weight excluding hydrogens is 290 g/mol. The molecule has 3 N–H and O–H groups in total. The van der Waals surface area contributed by atoms with Gasteiger partial charge in [0.15, 0.2) is 4.21 Å². The zero-order chi connectivity index (χ0) is 14.6. The first-order valence-corrected chi connectivity index (χ1v) is 8.01. The summed E-state index contributed by atoms with van der Waals surface area (Å²) in [6, 6.07) is 0. The second-order valence-corrected chi connectivity index (χ2v) is 7.22. The van der Waals surface area contributed by atoms with E-state index in [0.717, 1.165) is 0 Å². The molecule has 0 bridgehead atoms. The maximum atomic E-state index is 11.9. The molecule has 7 nitrogen and oxygen atoms in total. The third-order valence-corrected chi connectivity index (χ3v) is 5.33. The fourth-order valence-electron chi connectivity index (χ4n) is 1.29. The van der Waals surface area contributed by atoms with Gasteiger partial charge in [-0.25, -0.2) is 13.1 Å². The van der Waals surface area contributed by atoms with Crippen LogP contribution in [0.5, 0.6) is 0 Å². The van der Waals surface area contributed by atoms with E-state index in [2.05, 4.69) is 15.0 Å². The van der Waals surface area contributed by atoms with Gasteiger partial charge in [0.05, 0.1) is 0 Å². The predicted molar refractivity (Wildman–Crippen MR) is 72.7 cm³/mol. The van der Waals surface area contributed by atoms with Crippen LogP contribution in [-0.2, 0) is 14.8 Å². The number of hydrogen-bond acceptors (Lipinski definition) is 5. The van der Waals surface area contributed by atoms with Crippen LogP contribution >= 0.6 is 11.3 Å². The molecule has 0 aliphatic carbocycles. The van der Waals surface area contributed by atoms with Crippen LogP contribution in [0.2, 0.25) is 0 Å². The van der Waals surface area contributed by atoms with Crippen molar-refractivity contribution in [2.45, 2.75) is 25.0 Å². The standard InChI is InChI=1S/C10H17N3O4S2/c1-6(2)8(14)11-4-5-12-19(16,17)9-7(3)13-10(15)18-9/h6,12H,4-5H2,1-3H3,(H,11,14)(H,13,15). The summed E-state index contributed by atoms with van der Waals surface area (Å²) in [7, 11) is -3.70. The number of nitrogens with one attached hydrogen (secondary N) is 3. The van der Waals surface area contributed by atoms with Crippen molar-refractivity contribution in [3.8, 4) is 0 Å². The van der Waals surface area contributed by atoms with Crippen molar-refractivity contribution in [3.05, 3.63) is 15.4 Å². The Bertz CT molecular complexity index is 601. The summed E-state index contributed by atoms with van der Waals surface area (Å²) >= 11 is 0.642. The van der Waals surface area contributed by atoms with Crippen molar-refractivity contribution < 1.29 is 13.2 Å². The highest BCUT2D eigenvalue weighted by Gasteiger charge is 2.19. The number of H-pyrrole nitrogens is 1. The lowest BCUT2D eigenvalue weighted by atomic mass is 10.2. The number of amides is 1. The Labute approximate surface area is 115 Å². The Morgan fingerprint density at radius 1 is 1.37 bits per heavy atom. The molecule has 0 atom stereocenters. The van der Waals surface area contributed by atoms with Crippen LogP contribution in [0.1, 0.15) is 19.5 Å². The first-order chi connectivity index (χ1) is 8.74. The summed E-state index contributed by atoms with van der Waals surface area (Å²) in [5.41, 5.74) is 0.314. The van der Waals surface area contributed by atoms with Crippen LogP contribution in [-0.4, -0.2) is 32.4 Å². The van der Waals surface area contributed by atoms with Gasteiger partial charge in [0.25, 0.3) is 10.0 Å². The first kappa shape index (κ1) is 15.9. The number of carbonyl (C=O) groups excluding carboxylic acids is 1. The van der Waals surface area contributed by atoms with Crippen molar-refractivity contribution in [2.75, 3.05) is 13.1 Å². The van der Waals surface area contributed by atoms with Gasteiger partial charge in [-0.15, -0.1) is 0 Å². The monoisotopic (exact) mass is 307 g/mol. The van der Waals surface area contributed by atoms with E-state index >= 15 is 0 Å². The molecule has 0 saturated heterocycles. The van der Waals surface area contributed by atoms with Gasteiger partial charge >= 0.3 is 4.87 Å².